The van der Waals surface area contributed by atoms with Crippen LogP contribution in [0.3, 0.4) is 0 Å². The van der Waals surface area contributed by atoms with E-state index in [9.17, 15) is 4.79 Å². The number of carboxylic acid groups (broad SMARTS) is 1. The molecule has 25 heavy (non-hydrogen) atoms. The number of aryl methyl sites for hydroxylation is 2. The molecule has 0 saturated heterocycles. The molecule has 0 saturated carbocycles. The van der Waals surface area contributed by atoms with Crippen molar-refractivity contribution in [3.8, 4) is 11.3 Å². The van der Waals surface area contributed by atoms with E-state index >= 15 is 0 Å². The Labute approximate surface area is 150 Å². The molecular formula is C20H18N2O2S. The maximum absolute atomic E-state index is 11.1. The van der Waals surface area contributed by atoms with Crippen LogP contribution in [0.4, 0.5) is 10.8 Å². The molecule has 4 nitrogen and oxygen atoms in total. The highest BCUT2D eigenvalue weighted by Gasteiger charge is 2.12. The van der Waals surface area contributed by atoms with E-state index in [-0.39, 0.29) is 5.56 Å². The van der Waals surface area contributed by atoms with Crippen molar-refractivity contribution in [3.05, 3.63) is 64.5 Å². The second kappa shape index (κ2) is 6.69. The highest BCUT2D eigenvalue weighted by molar-refractivity contribution is 7.14. The van der Waals surface area contributed by atoms with Gasteiger partial charge in [-0.1, -0.05) is 18.2 Å². The molecule has 0 amide bonds. The number of benzene rings is 2. The summed E-state index contributed by atoms with van der Waals surface area (Å²) in [5.41, 5.74) is 6.00. The summed E-state index contributed by atoms with van der Waals surface area (Å²) >= 11 is 1.52. The van der Waals surface area contributed by atoms with Crippen LogP contribution in [0.1, 0.15) is 34.3 Å². The highest BCUT2D eigenvalue weighted by atomic mass is 32.1. The molecule has 4 rings (SSSR count). The number of rotatable bonds is 4. The summed E-state index contributed by atoms with van der Waals surface area (Å²) in [5.74, 6) is -0.933. The zero-order chi connectivity index (χ0) is 17.2. The smallest absolute Gasteiger partial charge is 0.335 e. The van der Waals surface area contributed by atoms with Crippen LogP contribution in [-0.2, 0) is 12.8 Å². The number of carbonyl (C=O) groups is 1. The topological polar surface area (TPSA) is 62.2 Å². The fourth-order valence-electron chi connectivity index (χ4n) is 3.21. The Balaban J connectivity index is 1.56. The average molecular weight is 350 g/mol. The van der Waals surface area contributed by atoms with Gasteiger partial charge in [0, 0.05) is 16.6 Å². The molecule has 5 heteroatoms. The Morgan fingerprint density at radius 1 is 1.08 bits per heavy atom. The predicted octanol–water partition coefficient (Wildman–Crippen LogP) is 5.13. The number of hydrogen-bond acceptors (Lipinski definition) is 4. The van der Waals surface area contributed by atoms with Crippen molar-refractivity contribution in [3.63, 3.8) is 0 Å². The van der Waals surface area contributed by atoms with Crippen molar-refractivity contribution in [1.82, 2.24) is 4.98 Å². The number of hydrogen-bond donors (Lipinski definition) is 2. The van der Waals surface area contributed by atoms with Crippen LogP contribution in [0.25, 0.3) is 11.3 Å². The Morgan fingerprint density at radius 3 is 2.76 bits per heavy atom. The lowest BCUT2D eigenvalue weighted by atomic mass is 9.90. The fourth-order valence-corrected chi connectivity index (χ4v) is 3.95. The molecule has 1 aliphatic rings. The van der Waals surface area contributed by atoms with Crippen LogP contribution in [-0.4, -0.2) is 16.1 Å². The largest absolute Gasteiger partial charge is 0.478 e. The van der Waals surface area contributed by atoms with Crippen LogP contribution in [0.2, 0.25) is 0 Å². The second-order valence-corrected chi connectivity index (χ2v) is 7.10. The summed E-state index contributed by atoms with van der Waals surface area (Å²) in [5, 5.41) is 15.1. The molecule has 0 spiro atoms. The van der Waals surface area contributed by atoms with E-state index in [4.69, 9.17) is 5.11 Å². The SMILES string of the molecule is O=C(O)c1cccc(Nc2nc(-c3ccc4c(c3)CCCC4)cs2)c1. The molecule has 2 N–H and O–H groups in total. The first-order chi connectivity index (χ1) is 12.2. The van der Waals surface area contributed by atoms with Crippen LogP contribution in [0.15, 0.2) is 47.8 Å². The zero-order valence-electron chi connectivity index (χ0n) is 13.7. The van der Waals surface area contributed by atoms with E-state index in [2.05, 4.69) is 28.5 Å². The maximum atomic E-state index is 11.1. The van der Waals surface area contributed by atoms with Crippen LogP contribution in [0.5, 0.6) is 0 Å². The first kappa shape index (κ1) is 15.8. The molecule has 0 aliphatic heterocycles. The van der Waals surface area contributed by atoms with Gasteiger partial charge in [0.1, 0.15) is 0 Å². The summed E-state index contributed by atoms with van der Waals surface area (Å²) in [6, 6.07) is 13.4. The quantitative estimate of drug-likeness (QED) is 0.685. The number of anilines is 2. The van der Waals surface area contributed by atoms with Gasteiger partial charge in [0.25, 0.3) is 0 Å². The average Bonchev–Trinajstić information content (AvgIpc) is 3.10. The lowest BCUT2D eigenvalue weighted by molar-refractivity contribution is 0.0697. The fraction of sp³-hybridized carbons (Fsp3) is 0.200. The third kappa shape index (κ3) is 3.42. The number of carboxylic acids is 1. The molecule has 0 radical (unpaired) electrons. The second-order valence-electron chi connectivity index (χ2n) is 6.24. The van der Waals surface area contributed by atoms with Gasteiger partial charge < -0.3 is 10.4 Å². The number of thiazole rings is 1. The molecular weight excluding hydrogens is 332 g/mol. The zero-order valence-corrected chi connectivity index (χ0v) is 14.5. The van der Waals surface area contributed by atoms with Crippen molar-refractivity contribution in [2.75, 3.05) is 5.32 Å². The van der Waals surface area contributed by atoms with Crippen molar-refractivity contribution >= 4 is 28.1 Å². The summed E-state index contributed by atoms with van der Waals surface area (Å²) < 4.78 is 0. The maximum Gasteiger partial charge on any atom is 0.335 e. The number of aromatic nitrogens is 1. The summed E-state index contributed by atoms with van der Waals surface area (Å²) in [6.07, 6.45) is 4.88. The van der Waals surface area contributed by atoms with Crippen LogP contribution < -0.4 is 5.32 Å². The Bertz CT molecular complexity index is 933. The Morgan fingerprint density at radius 2 is 1.92 bits per heavy atom. The molecule has 1 aromatic heterocycles. The van der Waals surface area contributed by atoms with Gasteiger partial charge in [-0.3, -0.25) is 0 Å². The summed E-state index contributed by atoms with van der Waals surface area (Å²) in [4.78, 5) is 15.7. The van der Waals surface area contributed by atoms with Gasteiger partial charge >= 0.3 is 5.97 Å². The Hall–Kier alpha value is -2.66. The lowest BCUT2D eigenvalue weighted by Gasteiger charge is -2.16. The molecule has 0 atom stereocenters. The van der Waals surface area contributed by atoms with E-state index in [1.54, 1.807) is 18.2 Å². The minimum atomic E-state index is -0.933. The summed E-state index contributed by atoms with van der Waals surface area (Å²) in [7, 11) is 0. The lowest BCUT2D eigenvalue weighted by Crippen LogP contribution is -2.02. The van der Waals surface area contributed by atoms with E-state index in [1.165, 1.54) is 41.7 Å². The Kier molecular flexibility index (Phi) is 4.24. The molecule has 0 bridgehead atoms. The van der Waals surface area contributed by atoms with Gasteiger partial charge in [-0.2, -0.15) is 0 Å². The molecule has 2 aromatic carbocycles. The van der Waals surface area contributed by atoms with Gasteiger partial charge in [-0.05, 0) is 61.1 Å². The van der Waals surface area contributed by atoms with Crippen molar-refractivity contribution in [2.24, 2.45) is 0 Å². The molecule has 0 unspecified atom stereocenters. The number of nitrogens with one attached hydrogen (secondary N) is 1. The van der Waals surface area contributed by atoms with E-state index in [0.29, 0.717) is 0 Å². The van der Waals surface area contributed by atoms with E-state index < -0.39 is 5.97 Å². The first-order valence-corrected chi connectivity index (χ1v) is 9.25. The molecule has 3 aromatic rings. The third-order valence-corrected chi connectivity index (χ3v) is 5.27. The van der Waals surface area contributed by atoms with Crippen molar-refractivity contribution < 1.29 is 9.90 Å². The van der Waals surface area contributed by atoms with E-state index in [0.717, 1.165) is 28.5 Å². The van der Waals surface area contributed by atoms with Gasteiger partial charge in [0.05, 0.1) is 11.3 Å². The number of aromatic carboxylic acids is 1. The molecule has 1 heterocycles. The van der Waals surface area contributed by atoms with Crippen molar-refractivity contribution in [1.29, 1.82) is 0 Å². The summed E-state index contributed by atoms with van der Waals surface area (Å²) in [6.45, 7) is 0. The van der Waals surface area contributed by atoms with E-state index in [1.807, 2.05) is 11.4 Å². The number of nitrogens with zero attached hydrogens (tertiary/aromatic N) is 1. The van der Waals surface area contributed by atoms with Crippen molar-refractivity contribution in [2.45, 2.75) is 25.7 Å². The minimum absolute atomic E-state index is 0.261. The van der Waals surface area contributed by atoms with Crippen LogP contribution >= 0.6 is 11.3 Å². The molecule has 1 aliphatic carbocycles. The minimum Gasteiger partial charge on any atom is -0.478 e. The molecule has 0 fully saturated rings. The van der Waals surface area contributed by atoms with Crippen LogP contribution in [0, 0.1) is 0 Å². The normalized spacial score (nSPS) is 13.3. The monoisotopic (exact) mass is 350 g/mol. The third-order valence-electron chi connectivity index (χ3n) is 4.51. The van der Waals surface area contributed by atoms with Gasteiger partial charge in [-0.25, -0.2) is 9.78 Å². The van der Waals surface area contributed by atoms with Gasteiger partial charge in [0.2, 0.25) is 0 Å². The standard InChI is InChI=1S/C20H18N2O2S/c23-19(24)16-6-3-7-17(11-16)21-20-22-18(12-25-20)15-9-8-13-4-1-2-5-14(13)10-15/h3,6-12H,1-2,4-5H2,(H,21,22)(H,23,24). The van der Waals surface area contributed by atoms with Gasteiger partial charge in [0.15, 0.2) is 5.13 Å². The molecule has 126 valence electrons. The van der Waals surface area contributed by atoms with Gasteiger partial charge in [-0.15, -0.1) is 11.3 Å². The predicted molar refractivity (Wildman–Crippen MR) is 101 cm³/mol. The first-order valence-electron chi connectivity index (χ1n) is 8.37. The highest BCUT2D eigenvalue weighted by Crippen LogP contribution is 2.30. The number of fused-ring (bicyclic) bond motifs is 1.